The van der Waals surface area contributed by atoms with Gasteiger partial charge >= 0.3 is 35.5 Å². The first-order chi connectivity index (χ1) is 13.0. The molecule has 0 aliphatic carbocycles. The quantitative estimate of drug-likeness (QED) is 0.364. The molecule has 1 heterocycles. The third-order valence-corrected chi connectivity index (χ3v) is 4.42. The standard InChI is InChI=1S/C11H12N2O2.C10H20O2.Na/c12-9(11(14)15)5-7-6-13-10-4-2-1-3-8(7)10;1-2-3-4-5-6-7-8-9-10(11)12;/h1-4,6,9,13H,5,12H2,(H,14,15);2-9H2,1H3,(H,11,12);/q;;+1/p-1. The van der Waals surface area contributed by atoms with Crippen LogP contribution in [-0.2, 0) is 16.0 Å². The third-order valence-electron chi connectivity index (χ3n) is 4.42. The summed E-state index contributed by atoms with van der Waals surface area (Å²) < 4.78 is 0. The predicted molar refractivity (Wildman–Crippen MR) is 105 cm³/mol. The number of H-pyrrole nitrogens is 1. The smallest absolute Gasteiger partial charge is 0.550 e. The summed E-state index contributed by atoms with van der Waals surface area (Å²) in [6.07, 6.45) is 10.5. The van der Waals surface area contributed by atoms with E-state index in [-0.39, 0.29) is 36.0 Å². The fraction of sp³-hybridized carbons (Fsp3) is 0.524. The molecule has 1 aromatic heterocycles. The number of carboxylic acid groups (broad SMARTS) is 2. The van der Waals surface area contributed by atoms with Crippen LogP contribution in [0.15, 0.2) is 30.5 Å². The van der Waals surface area contributed by atoms with Crippen molar-refractivity contribution in [2.45, 2.75) is 70.8 Å². The van der Waals surface area contributed by atoms with Crippen molar-refractivity contribution in [2.75, 3.05) is 0 Å². The Morgan fingerprint density at radius 2 is 1.71 bits per heavy atom. The molecule has 0 aliphatic rings. The predicted octanol–water partition coefficient (Wildman–Crippen LogP) is 0.00330. The van der Waals surface area contributed by atoms with Gasteiger partial charge < -0.3 is 25.7 Å². The number of hydrogen-bond acceptors (Lipinski definition) is 4. The van der Waals surface area contributed by atoms with Crippen LogP contribution in [0.3, 0.4) is 0 Å². The first-order valence-corrected chi connectivity index (χ1v) is 9.69. The number of carbonyl (C=O) groups is 2. The number of carboxylic acids is 2. The Hall–Kier alpha value is -1.34. The number of aliphatic carboxylic acids is 2. The second kappa shape index (κ2) is 15.6. The Kier molecular flexibility index (Phi) is 14.8. The second-order valence-electron chi connectivity index (χ2n) is 6.75. The van der Waals surface area contributed by atoms with E-state index in [0.717, 1.165) is 29.3 Å². The normalized spacial score (nSPS) is 11.2. The van der Waals surface area contributed by atoms with Crippen LogP contribution in [-0.4, -0.2) is 28.1 Å². The molecule has 6 nitrogen and oxygen atoms in total. The van der Waals surface area contributed by atoms with Crippen LogP contribution in [0.1, 0.15) is 63.9 Å². The number of para-hydroxylation sites is 1. The van der Waals surface area contributed by atoms with Crippen molar-refractivity contribution in [2.24, 2.45) is 5.73 Å². The number of aromatic nitrogens is 1. The number of benzene rings is 1. The zero-order valence-corrected chi connectivity index (χ0v) is 19.1. The molecule has 1 unspecified atom stereocenters. The Labute approximate surface area is 189 Å². The molecule has 1 atom stereocenters. The molecule has 1 aromatic carbocycles. The maximum Gasteiger partial charge on any atom is 1.00 e. The molecule has 2 rings (SSSR count). The van der Waals surface area contributed by atoms with Crippen molar-refractivity contribution in [3.05, 3.63) is 36.0 Å². The van der Waals surface area contributed by atoms with E-state index in [1.165, 1.54) is 32.1 Å². The van der Waals surface area contributed by atoms with Gasteiger partial charge in [-0.25, -0.2) is 0 Å². The molecule has 2 aromatic rings. The van der Waals surface area contributed by atoms with Crippen LogP contribution in [0, 0.1) is 0 Å². The van der Waals surface area contributed by atoms with Crippen molar-refractivity contribution in [3.63, 3.8) is 0 Å². The van der Waals surface area contributed by atoms with Gasteiger partial charge in [-0.2, -0.15) is 0 Å². The fourth-order valence-electron chi connectivity index (χ4n) is 2.85. The van der Waals surface area contributed by atoms with Gasteiger partial charge in [-0.15, -0.1) is 0 Å². The van der Waals surface area contributed by atoms with Crippen molar-refractivity contribution < 1.29 is 49.4 Å². The molecule has 150 valence electrons. The van der Waals surface area contributed by atoms with Crippen molar-refractivity contribution >= 4 is 22.8 Å². The van der Waals surface area contributed by atoms with E-state index >= 15 is 0 Å². The van der Waals surface area contributed by atoms with E-state index in [1.54, 1.807) is 0 Å². The molecule has 0 fully saturated rings. The zero-order valence-electron chi connectivity index (χ0n) is 17.1. The number of aromatic amines is 1. The van der Waals surface area contributed by atoms with Gasteiger partial charge in [-0.05, 0) is 24.5 Å². The zero-order chi connectivity index (χ0) is 20.1. The van der Waals surface area contributed by atoms with Crippen molar-refractivity contribution in [1.29, 1.82) is 0 Å². The number of hydrogen-bond donors (Lipinski definition) is 3. The van der Waals surface area contributed by atoms with Crippen LogP contribution >= 0.6 is 0 Å². The van der Waals surface area contributed by atoms with E-state index in [9.17, 15) is 14.7 Å². The maximum absolute atomic E-state index is 10.6. The van der Waals surface area contributed by atoms with Gasteiger partial charge in [0, 0.05) is 29.5 Å². The summed E-state index contributed by atoms with van der Waals surface area (Å²) in [5, 5.41) is 19.8. The van der Waals surface area contributed by atoms with E-state index in [4.69, 9.17) is 10.8 Å². The topological polar surface area (TPSA) is 119 Å². The van der Waals surface area contributed by atoms with Crippen LogP contribution in [0.4, 0.5) is 0 Å². The molecule has 0 bridgehead atoms. The molecule has 0 saturated carbocycles. The second-order valence-corrected chi connectivity index (χ2v) is 6.75. The molecule has 0 radical (unpaired) electrons. The van der Waals surface area contributed by atoms with Crippen molar-refractivity contribution in [1.82, 2.24) is 4.98 Å². The number of fused-ring (bicyclic) bond motifs is 1. The molecule has 28 heavy (non-hydrogen) atoms. The summed E-state index contributed by atoms with van der Waals surface area (Å²) in [7, 11) is 0. The third kappa shape index (κ3) is 10.9. The van der Waals surface area contributed by atoms with Gasteiger partial charge in [0.15, 0.2) is 0 Å². The molecule has 7 heteroatoms. The van der Waals surface area contributed by atoms with E-state index < -0.39 is 18.0 Å². The number of nitrogens with two attached hydrogens (primary N) is 1. The van der Waals surface area contributed by atoms with Gasteiger partial charge in [0.2, 0.25) is 0 Å². The summed E-state index contributed by atoms with van der Waals surface area (Å²) in [6.45, 7) is 2.19. The first kappa shape index (κ1) is 26.7. The minimum Gasteiger partial charge on any atom is -0.550 e. The van der Waals surface area contributed by atoms with Crippen molar-refractivity contribution in [3.8, 4) is 0 Å². The van der Waals surface area contributed by atoms with Crippen LogP contribution in [0.25, 0.3) is 10.9 Å². The summed E-state index contributed by atoms with van der Waals surface area (Å²) in [6, 6.07) is 6.91. The Morgan fingerprint density at radius 3 is 2.32 bits per heavy atom. The molecular weight excluding hydrogens is 367 g/mol. The van der Waals surface area contributed by atoms with Gasteiger partial charge in [0.1, 0.15) is 6.04 Å². The summed E-state index contributed by atoms with van der Waals surface area (Å²) in [5.74, 6) is -1.89. The average Bonchev–Trinajstić information content (AvgIpc) is 3.04. The van der Waals surface area contributed by atoms with Gasteiger partial charge in [-0.1, -0.05) is 63.6 Å². The first-order valence-electron chi connectivity index (χ1n) is 9.69. The average molecular weight is 398 g/mol. The minimum atomic E-state index is -0.972. The molecule has 4 N–H and O–H groups in total. The minimum absolute atomic E-state index is 0. The maximum atomic E-state index is 10.6. The number of unbranched alkanes of at least 4 members (excludes halogenated alkanes) is 6. The number of carbonyl (C=O) groups excluding carboxylic acids is 1. The molecule has 0 spiro atoms. The SMILES string of the molecule is CCCCCCCCCC(=O)[O-].NC(Cc1c[nH]c2ccccc12)C(=O)O.[Na+]. The number of nitrogens with one attached hydrogen (secondary N) is 1. The summed E-state index contributed by atoms with van der Waals surface area (Å²) >= 11 is 0. The monoisotopic (exact) mass is 398 g/mol. The van der Waals surface area contributed by atoms with E-state index in [1.807, 2.05) is 30.5 Å². The fourth-order valence-corrected chi connectivity index (χ4v) is 2.85. The molecule has 0 amide bonds. The van der Waals surface area contributed by atoms with E-state index in [0.29, 0.717) is 6.42 Å². The largest absolute Gasteiger partial charge is 1.00 e. The Bertz CT molecular complexity index is 703. The van der Waals surface area contributed by atoms with Gasteiger partial charge in [-0.3, -0.25) is 4.79 Å². The number of rotatable bonds is 11. The van der Waals surface area contributed by atoms with Crippen LogP contribution in [0.5, 0.6) is 0 Å². The Balaban J connectivity index is 0.000000518. The summed E-state index contributed by atoms with van der Waals surface area (Å²) in [5.41, 5.74) is 7.43. The van der Waals surface area contributed by atoms with Crippen LogP contribution in [0.2, 0.25) is 0 Å². The summed E-state index contributed by atoms with van der Waals surface area (Å²) in [4.78, 5) is 23.7. The van der Waals surface area contributed by atoms with Gasteiger partial charge in [0.25, 0.3) is 0 Å². The van der Waals surface area contributed by atoms with Crippen LogP contribution < -0.4 is 40.4 Å². The molecule has 0 saturated heterocycles. The van der Waals surface area contributed by atoms with E-state index in [2.05, 4.69) is 11.9 Å². The van der Waals surface area contributed by atoms with Gasteiger partial charge in [0.05, 0.1) is 0 Å². The molecular formula is C21H31N2NaO4. The molecule has 0 aliphatic heterocycles. The Morgan fingerprint density at radius 1 is 1.11 bits per heavy atom.